The molecule has 210 valence electrons. The summed E-state index contributed by atoms with van der Waals surface area (Å²) < 4.78 is 7.03. The van der Waals surface area contributed by atoms with Crippen LogP contribution in [0.2, 0.25) is 0 Å². The second kappa shape index (κ2) is 9.15. The summed E-state index contributed by atoms with van der Waals surface area (Å²) in [4.78, 5) is 9.14. The molecular weight excluding hydrogens is 550 g/mol. The average Bonchev–Trinajstić information content (AvgIpc) is 3.74. The first-order valence-electron chi connectivity index (χ1n) is 15.2. The fourth-order valence-corrected chi connectivity index (χ4v) is 7.37. The Kier molecular flexibility index (Phi) is 4.93. The Bertz CT molecular complexity index is 2750. The van der Waals surface area contributed by atoms with Gasteiger partial charge in [0.1, 0.15) is 12.0 Å². The molecule has 5 heteroatoms. The van der Waals surface area contributed by atoms with Crippen LogP contribution < -0.4 is 0 Å². The van der Waals surface area contributed by atoms with Crippen LogP contribution in [-0.2, 0) is 0 Å². The van der Waals surface area contributed by atoms with Crippen molar-refractivity contribution >= 4 is 65.5 Å². The zero-order valence-corrected chi connectivity index (χ0v) is 24.2. The summed E-state index contributed by atoms with van der Waals surface area (Å²) in [7, 11) is 0. The Morgan fingerprint density at radius 2 is 0.889 bits per heavy atom. The molecule has 0 fully saturated rings. The maximum Gasteiger partial charge on any atom is 0.148 e. The van der Waals surface area contributed by atoms with E-state index in [1.807, 2.05) is 12.3 Å². The Morgan fingerprint density at radius 1 is 0.378 bits per heavy atom. The fourth-order valence-electron chi connectivity index (χ4n) is 7.37. The number of hydrogen-bond donors (Lipinski definition) is 0. The molecule has 0 unspecified atom stereocenters. The summed E-state index contributed by atoms with van der Waals surface area (Å²) in [5, 5.41) is 7.20. The highest BCUT2D eigenvalue weighted by molar-refractivity contribution is 6.29. The molecule has 45 heavy (non-hydrogen) atoms. The van der Waals surface area contributed by atoms with Gasteiger partial charge in [-0.25, -0.2) is 9.97 Å². The van der Waals surface area contributed by atoms with Crippen molar-refractivity contribution < 1.29 is 0 Å². The van der Waals surface area contributed by atoms with Crippen molar-refractivity contribution in [2.24, 2.45) is 0 Å². The summed E-state index contributed by atoms with van der Waals surface area (Å²) >= 11 is 0. The fraction of sp³-hybridized carbons (Fsp3) is 0. The predicted octanol–water partition coefficient (Wildman–Crippen LogP) is 9.77. The van der Waals surface area contributed by atoms with Crippen molar-refractivity contribution in [3.8, 4) is 17.1 Å². The van der Waals surface area contributed by atoms with E-state index in [9.17, 15) is 0 Å². The van der Waals surface area contributed by atoms with Gasteiger partial charge in [0, 0.05) is 55.6 Å². The van der Waals surface area contributed by atoms with E-state index in [4.69, 9.17) is 4.98 Å². The van der Waals surface area contributed by atoms with Crippen molar-refractivity contribution in [1.82, 2.24) is 23.7 Å². The van der Waals surface area contributed by atoms with Crippen LogP contribution in [0.5, 0.6) is 0 Å². The van der Waals surface area contributed by atoms with Crippen molar-refractivity contribution in [3.05, 3.63) is 152 Å². The standard InChI is InChI=1S/C40H25N5/c1-3-11-26(12-4-1)43-33-17-9-7-15-29(33)38-36(43)21-22-37-39(38)30-16-8-10-18-34(30)44(37)28-19-20-35-31(23-28)32-24-41-25-42-40(32)45(35)27-13-5-2-6-14-27/h1-25H. The third-order valence-corrected chi connectivity index (χ3v) is 9.17. The number of fused-ring (bicyclic) bond motifs is 10. The van der Waals surface area contributed by atoms with Gasteiger partial charge in [-0.1, -0.05) is 72.8 Å². The number of rotatable bonds is 3. The smallest absolute Gasteiger partial charge is 0.148 e. The summed E-state index contributed by atoms with van der Waals surface area (Å²) in [6.07, 6.45) is 3.56. The van der Waals surface area contributed by atoms with Crippen molar-refractivity contribution in [2.75, 3.05) is 0 Å². The lowest BCUT2D eigenvalue weighted by atomic mass is 10.1. The molecule has 0 spiro atoms. The van der Waals surface area contributed by atoms with Gasteiger partial charge >= 0.3 is 0 Å². The average molecular weight is 576 g/mol. The summed E-state index contributed by atoms with van der Waals surface area (Å²) in [6, 6.07) is 49.9. The zero-order valence-electron chi connectivity index (χ0n) is 24.2. The summed E-state index contributed by atoms with van der Waals surface area (Å²) in [6.45, 7) is 0. The topological polar surface area (TPSA) is 40.6 Å². The molecule has 0 aliphatic rings. The van der Waals surface area contributed by atoms with Crippen LogP contribution in [-0.4, -0.2) is 23.7 Å². The molecule has 0 N–H and O–H groups in total. The van der Waals surface area contributed by atoms with Gasteiger partial charge in [-0.2, -0.15) is 0 Å². The quantitative estimate of drug-likeness (QED) is 0.210. The van der Waals surface area contributed by atoms with E-state index in [0.29, 0.717) is 0 Å². The van der Waals surface area contributed by atoms with Gasteiger partial charge in [-0.3, -0.25) is 4.57 Å². The molecule has 4 aromatic heterocycles. The normalized spacial score (nSPS) is 12.0. The van der Waals surface area contributed by atoms with Crippen LogP contribution >= 0.6 is 0 Å². The number of benzene rings is 6. The van der Waals surface area contributed by atoms with Crippen molar-refractivity contribution in [2.45, 2.75) is 0 Å². The van der Waals surface area contributed by atoms with Crippen molar-refractivity contribution in [3.63, 3.8) is 0 Å². The molecule has 0 aliphatic heterocycles. The van der Waals surface area contributed by atoms with E-state index < -0.39 is 0 Å². The second-order valence-electron chi connectivity index (χ2n) is 11.5. The highest BCUT2D eigenvalue weighted by Gasteiger charge is 2.21. The largest absolute Gasteiger partial charge is 0.309 e. The molecule has 5 nitrogen and oxygen atoms in total. The third-order valence-electron chi connectivity index (χ3n) is 9.17. The molecule has 0 saturated heterocycles. The lowest BCUT2D eigenvalue weighted by molar-refractivity contribution is 1.11. The van der Waals surface area contributed by atoms with Gasteiger partial charge < -0.3 is 9.13 Å². The molecule has 10 aromatic rings. The van der Waals surface area contributed by atoms with Gasteiger partial charge in [-0.15, -0.1) is 0 Å². The Morgan fingerprint density at radius 3 is 1.53 bits per heavy atom. The minimum absolute atomic E-state index is 0.904. The van der Waals surface area contributed by atoms with Gasteiger partial charge in [0.2, 0.25) is 0 Å². The van der Waals surface area contributed by atoms with Crippen LogP contribution in [0.1, 0.15) is 0 Å². The highest BCUT2D eigenvalue weighted by atomic mass is 15.1. The van der Waals surface area contributed by atoms with E-state index in [1.54, 1.807) is 6.33 Å². The predicted molar refractivity (Wildman–Crippen MR) is 185 cm³/mol. The maximum atomic E-state index is 4.72. The molecular formula is C40H25N5. The van der Waals surface area contributed by atoms with E-state index in [0.717, 1.165) is 39.0 Å². The van der Waals surface area contributed by atoms with E-state index >= 15 is 0 Å². The van der Waals surface area contributed by atoms with E-state index in [2.05, 4.69) is 152 Å². The monoisotopic (exact) mass is 575 g/mol. The van der Waals surface area contributed by atoms with E-state index in [-0.39, 0.29) is 0 Å². The second-order valence-corrected chi connectivity index (χ2v) is 11.5. The molecule has 10 rings (SSSR count). The third kappa shape index (κ3) is 3.32. The first-order chi connectivity index (χ1) is 22.4. The van der Waals surface area contributed by atoms with Gasteiger partial charge in [-0.05, 0) is 66.7 Å². The maximum absolute atomic E-state index is 4.72. The van der Waals surface area contributed by atoms with Gasteiger partial charge in [0.25, 0.3) is 0 Å². The number of aromatic nitrogens is 5. The SMILES string of the molecule is c1ccc(-n2c3ccccc3c3c4c5ccccc5n(-c5ccc6c(c5)c5cncnc5n6-c5ccccc5)c4ccc32)cc1. The minimum atomic E-state index is 0.904. The van der Waals surface area contributed by atoms with E-state index in [1.165, 1.54) is 43.6 Å². The molecule has 6 aromatic carbocycles. The van der Waals surface area contributed by atoms with Crippen LogP contribution in [0.15, 0.2) is 152 Å². The molecule has 0 saturated carbocycles. The zero-order chi connectivity index (χ0) is 29.5. The first kappa shape index (κ1) is 24.3. The van der Waals surface area contributed by atoms with Crippen LogP contribution in [0.3, 0.4) is 0 Å². The Balaban J connectivity index is 1.32. The van der Waals surface area contributed by atoms with Gasteiger partial charge in [0.15, 0.2) is 0 Å². The number of hydrogen-bond acceptors (Lipinski definition) is 2. The van der Waals surface area contributed by atoms with Crippen LogP contribution in [0.4, 0.5) is 0 Å². The summed E-state index contributed by atoms with van der Waals surface area (Å²) in [5.41, 5.74) is 10.1. The van der Waals surface area contributed by atoms with Gasteiger partial charge in [0.05, 0.1) is 27.6 Å². The lowest BCUT2D eigenvalue weighted by Crippen LogP contribution is -1.96. The Labute approximate surface area is 257 Å². The number of nitrogens with zero attached hydrogens (tertiary/aromatic N) is 5. The Hall–Kier alpha value is -6.20. The molecule has 0 radical (unpaired) electrons. The molecule has 0 amide bonds. The van der Waals surface area contributed by atoms with Crippen LogP contribution in [0.25, 0.3) is 82.6 Å². The molecule has 0 bridgehead atoms. The molecule has 0 atom stereocenters. The number of para-hydroxylation sites is 4. The molecule has 0 aliphatic carbocycles. The lowest BCUT2D eigenvalue weighted by Gasteiger charge is -2.10. The van der Waals surface area contributed by atoms with Crippen molar-refractivity contribution in [1.29, 1.82) is 0 Å². The highest BCUT2D eigenvalue weighted by Crippen LogP contribution is 2.43. The first-order valence-corrected chi connectivity index (χ1v) is 15.2. The van der Waals surface area contributed by atoms with Crippen LogP contribution in [0, 0.1) is 0 Å². The minimum Gasteiger partial charge on any atom is -0.309 e. The summed E-state index contributed by atoms with van der Waals surface area (Å²) in [5.74, 6) is 0. The molecule has 4 heterocycles.